The van der Waals surface area contributed by atoms with Crippen molar-refractivity contribution in [2.45, 2.75) is 32.0 Å². The fourth-order valence-corrected chi connectivity index (χ4v) is 3.41. The van der Waals surface area contributed by atoms with Crippen molar-refractivity contribution in [3.05, 3.63) is 71.7 Å². The summed E-state index contributed by atoms with van der Waals surface area (Å²) in [5.41, 5.74) is 2.94. The highest BCUT2D eigenvalue weighted by molar-refractivity contribution is 6.02. The Bertz CT molecular complexity index is 879. The summed E-state index contributed by atoms with van der Waals surface area (Å²) in [4.78, 5) is 31.0. The van der Waals surface area contributed by atoms with E-state index in [4.69, 9.17) is 4.74 Å². The first-order valence-corrected chi connectivity index (χ1v) is 8.57. The number of ether oxygens (including phenoxy) is 1. The molecule has 26 heavy (non-hydrogen) atoms. The molecule has 6 nitrogen and oxygen atoms in total. The minimum atomic E-state index is -0.468. The number of pyridine rings is 1. The molecular formula is C20H19N3O3. The highest BCUT2D eigenvalue weighted by atomic mass is 16.5. The highest BCUT2D eigenvalue weighted by Gasteiger charge is 2.39. The van der Waals surface area contributed by atoms with Crippen molar-refractivity contribution >= 4 is 11.8 Å². The van der Waals surface area contributed by atoms with Crippen molar-refractivity contribution in [3.63, 3.8) is 0 Å². The molecule has 0 radical (unpaired) electrons. The van der Waals surface area contributed by atoms with Crippen molar-refractivity contribution in [1.29, 1.82) is 0 Å². The number of nitrogens with zero attached hydrogens (tertiary/aromatic N) is 2. The summed E-state index contributed by atoms with van der Waals surface area (Å²) < 4.78 is 5.91. The van der Waals surface area contributed by atoms with Crippen molar-refractivity contribution in [2.75, 3.05) is 0 Å². The van der Waals surface area contributed by atoms with Crippen LogP contribution in [0.2, 0.25) is 0 Å². The first kappa shape index (κ1) is 16.3. The molecule has 0 saturated carbocycles. The number of carbonyl (C=O) groups excluding carboxylic acids is 2. The molecule has 2 amide bonds. The Balaban J connectivity index is 1.54. The third-order valence-electron chi connectivity index (χ3n) is 4.75. The fourth-order valence-electron chi connectivity index (χ4n) is 3.41. The molecule has 1 saturated heterocycles. The molecule has 1 aromatic heterocycles. The second kappa shape index (κ2) is 6.63. The number of allylic oxidation sites excluding steroid dienone is 1. The van der Waals surface area contributed by atoms with Crippen molar-refractivity contribution in [1.82, 2.24) is 15.2 Å². The van der Waals surface area contributed by atoms with Crippen LogP contribution in [0.3, 0.4) is 0 Å². The monoisotopic (exact) mass is 349 g/mol. The Hall–Kier alpha value is -3.15. The molecule has 2 aromatic rings. The van der Waals surface area contributed by atoms with E-state index < -0.39 is 6.04 Å². The molecule has 6 heteroatoms. The van der Waals surface area contributed by atoms with Crippen molar-refractivity contribution in [2.24, 2.45) is 0 Å². The molecule has 0 bridgehead atoms. The molecule has 1 atom stereocenters. The predicted octanol–water partition coefficient (Wildman–Crippen LogP) is 2.41. The number of hydrogen-bond acceptors (Lipinski definition) is 4. The number of rotatable bonds is 4. The Morgan fingerprint density at radius 1 is 1.23 bits per heavy atom. The third kappa shape index (κ3) is 2.94. The lowest BCUT2D eigenvalue weighted by molar-refractivity contribution is -0.126. The van der Waals surface area contributed by atoms with Gasteiger partial charge in [0.05, 0.1) is 12.2 Å². The van der Waals surface area contributed by atoms with Gasteiger partial charge in [-0.3, -0.25) is 14.6 Å². The van der Waals surface area contributed by atoms with Crippen LogP contribution < -0.4 is 10.1 Å². The van der Waals surface area contributed by atoms with Crippen LogP contribution in [0.25, 0.3) is 0 Å². The molecule has 0 spiro atoms. The van der Waals surface area contributed by atoms with Gasteiger partial charge < -0.3 is 15.0 Å². The van der Waals surface area contributed by atoms with Gasteiger partial charge in [-0.05, 0) is 37.1 Å². The smallest absolute Gasteiger partial charge is 0.255 e. The number of piperidine rings is 1. The lowest BCUT2D eigenvalue weighted by Gasteiger charge is -2.31. The minimum Gasteiger partial charge on any atom is -0.487 e. The lowest BCUT2D eigenvalue weighted by Crippen LogP contribution is -2.49. The average Bonchev–Trinajstić information content (AvgIpc) is 2.98. The van der Waals surface area contributed by atoms with Crippen LogP contribution in [-0.2, 0) is 17.9 Å². The summed E-state index contributed by atoms with van der Waals surface area (Å²) in [6, 6.07) is 10.6. The summed E-state index contributed by atoms with van der Waals surface area (Å²) in [6.07, 6.45) is 2.99. The van der Waals surface area contributed by atoms with Crippen LogP contribution in [0.4, 0.5) is 0 Å². The number of benzene rings is 1. The number of carbonyl (C=O) groups is 2. The van der Waals surface area contributed by atoms with E-state index in [9.17, 15) is 9.59 Å². The summed E-state index contributed by atoms with van der Waals surface area (Å²) in [6.45, 7) is 4.49. The summed E-state index contributed by atoms with van der Waals surface area (Å²) in [7, 11) is 0. The van der Waals surface area contributed by atoms with E-state index in [2.05, 4.69) is 16.9 Å². The van der Waals surface area contributed by atoms with Gasteiger partial charge in [0.1, 0.15) is 18.4 Å². The topological polar surface area (TPSA) is 71.5 Å². The number of amides is 2. The predicted molar refractivity (Wildman–Crippen MR) is 95.2 cm³/mol. The zero-order chi connectivity index (χ0) is 18.1. The molecule has 2 aliphatic heterocycles. The third-order valence-corrected chi connectivity index (χ3v) is 4.75. The maximum atomic E-state index is 12.8. The lowest BCUT2D eigenvalue weighted by atomic mass is 10.0. The van der Waals surface area contributed by atoms with Gasteiger partial charge in [0.15, 0.2) is 0 Å². The second-order valence-electron chi connectivity index (χ2n) is 6.47. The normalized spacial score (nSPS) is 19.3. The highest BCUT2D eigenvalue weighted by Crippen LogP contribution is 2.34. The van der Waals surface area contributed by atoms with Crippen LogP contribution in [0, 0.1) is 0 Å². The molecule has 0 aliphatic carbocycles. The van der Waals surface area contributed by atoms with E-state index >= 15 is 0 Å². The second-order valence-corrected chi connectivity index (χ2v) is 6.47. The summed E-state index contributed by atoms with van der Waals surface area (Å²) >= 11 is 0. The van der Waals surface area contributed by atoms with Gasteiger partial charge in [0, 0.05) is 23.0 Å². The Morgan fingerprint density at radius 3 is 2.88 bits per heavy atom. The quantitative estimate of drug-likeness (QED) is 0.920. The summed E-state index contributed by atoms with van der Waals surface area (Å²) in [5.74, 6) is 0.360. The van der Waals surface area contributed by atoms with Crippen LogP contribution in [-0.4, -0.2) is 27.7 Å². The van der Waals surface area contributed by atoms with E-state index in [-0.39, 0.29) is 11.8 Å². The number of hydrogen-bond donors (Lipinski definition) is 1. The van der Waals surface area contributed by atoms with Gasteiger partial charge in [0.25, 0.3) is 5.91 Å². The van der Waals surface area contributed by atoms with E-state index in [1.165, 1.54) is 0 Å². The summed E-state index contributed by atoms with van der Waals surface area (Å²) in [5, 5.41) is 2.75. The minimum absolute atomic E-state index is 0.129. The molecule has 4 rings (SSSR count). The van der Waals surface area contributed by atoms with Gasteiger partial charge in [-0.25, -0.2) is 0 Å². The number of fused-ring (bicyclic) bond motifs is 1. The van der Waals surface area contributed by atoms with Gasteiger partial charge in [-0.15, -0.1) is 0 Å². The zero-order valence-electron chi connectivity index (χ0n) is 14.3. The average molecular weight is 349 g/mol. The van der Waals surface area contributed by atoms with Gasteiger partial charge in [-0.1, -0.05) is 18.7 Å². The van der Waals surface area contributed by atoms with E-state index in [0.717, 1.165) is 11.3 Å². The molecule has 1 fully saturated rings. The largest absolute Gasteiger partial charge is 0.487 e. The Kier molecular flexibility index (Phi) is 4.16. The van der Waals surface area contributed by atoms with Crippen LogP contribution in [0.5, 0.6) is 5.75 Å². The molecule has 1 unspecified atom stereocenters. The molecule has 2 aliphatic rings. The van der Waals surface area contributed by atoms with E-state index in [1.807, 2.05) is 24.3 Å². The van der Waals surface area contributed by atoms with Gasteiger partial charge in [-0.2, -0.15) is 0 Å². The fraction of sp³-hybridized carbons (Fsp3) is 0.250. The standard InChI is InChI=1S/C20H19N3O3/c1-13-8-9-17(19(24)22-13)23-11-16-15(20(23)25)6-4-7-18(16)26-12-14-5-2-3-10-21-14/h2-7,10,17H,1,8-9,11-12H2,(H,22,24). The van der Waals surface area contributed by atoms with Gasteiger partial charge in [0.2, 0.25) is 5.91 Å². The Morgan fingerprint density at radius 2 is 2.12 bits per heavy atom. The first-order valence-electron chi connectivity index (χ1n) is 8.57. The first-order chi connectivity index (χ1) is 12.6. The van der Waals surface area contributed by atoms with E-state index in [1.54, 1.807) is 23.2 Å². The molecular weight excluding hydrogens is 330 g/mol. The van der Waals surface area contributed by atoms with Gasteiger partial charge >= 0.3 is 0 Å². The van der Waals surface area contributed by atoms with Crippen LogP contribution in [0.15, 0.2) is 54.9 Å². The van der Waals surface area contributed by atoms with Crippen molar-refractivity contribution < 1.29 is 14.3 Å². The number of nitrogens with one attached hydrogen (secondary N) is 1. The Labute approximate surface area is 151 Å². The zero-order valence-corrected chi connectivity index (χ0v) is 14.3. The maximum absolute atomic E-state index is 12.8. The van der Waals surface area contributed by atoms with E-state index in [0.29, 0.717) is 43.0 Å². The SMILES string of the molecule is C=C1CCC(N2Cc3c(OCc4ccccn4)cccc3C2=O)C(=O)N1. The number of aromatic nitrogens is 1. The molecule has 3 heterocycles. The van der Waals surface area contributed by atoms with Crippen LogP contribution in [0.1, 0.15) is 34.5 Å². The molecule has 1 N–H and O–H groups in total. The molecule has 132 valence electrons. The maximum Gasteiger partial charge on any atom is 0.255 e. The molecule has 1 aromatic carbocycles. The van der Waals surface area contributed by atoms with Crippen molar-refractivity contribution in [3.8, 4) is 5.75 Å². The van der Waals surface area contributed by atoms with Crippen LogP contribution >= 0.6 is 0 Å².